The minimum Gasteiger partial charge on any atom is -0.507 e. The van der Waals surface area contributed by atoms with Crippen molar-refractivity contribution in [3.8, 4) is 5.75 Å². The summed E-state index contributed by atoms with van der Waals surface area (Å²) in [6.45, 7) is 16.5. The molecule has 0 atom stereocenters. The van der Waals surface area contributed by atoms with Gasteiger partial charge in [-0.25, -0.2) is 0 Å². The molecule has 1 aromatic rings. The smallest absolute Gasteiger partial charge is 0.123 e. The first-order valence-electron chi connectivity index (χ1n) is 8.18. The summed E-state index contributed by atoms with van der Waals surface area (Å²) in [5, 5.41) is 10.7. The zero-order chi connectivity index (χ0) is 15.8. The van der Waals surface area contributed by atoms with Gasteiger partial charge in [0.15, 0.2) is 0 Å². The number of rotatable bonds is 2. The summed E-state index contributed by atoms with van der Waals surface area (Å²) in [7, 11) is 0. The van der Waals surface area contributed by atoms with Crippen molar-refractivity contribution >= 4 is 12.4 Å². The van der Waals surface area contributed by atoms with E-state index in [0.717, 1.165) is 17.7 Å². The molecule has 1 aliphatic heterocycles. The van der Waals surface area contributed by atoms with Crippen molar-refractivity contribution < 1.29 is 5.11 Å². The molecule has 0 aromatic heterocycles. The first kappa shape index (κ1) is 19.3. The van der Waals surface area contributed by atoms with Crippen LogP contribution < -0.4 is 0 Å². The van der Waals surface area contributed by atoms with Crippen LogP contribution in [0.2, 0.25) is 0 Å². The Morgan fingerprint density at radius 2 is 1.32 bits per heavy atom. The monoisotopic (exact) mass is 325 g/mol. The van der Waals surface area contributed by atoms with Crippen LogP contribution >= 0.6 is 12.4 Å². The van der Waals surface area contributed by atoms with Gasteiger partial charge in [0.1, 0.15) is 5.75 Å². The molecule has 2 nitrogen and oxygen atoms in total. The lowest BCUT2D eigenvalue weighted by Crippen LogP contribution is -2.21. The van der Waals surface area contributed by atoms with Gasteiger partial charge in [-0.3, -0.25) is 4.90 Å². The minimum atomic E-state index is -0.0366. The van der Waals surface area contributed by atoms with Crippen molar-refractivity contribution in [2.24, 2.45) is 0 Å². The van der Waals surface area contributed by atoms with Crippen LogP contribution in [0.25, 0.3) is 0 Å². The van der Waals surface area contributed by atoms with Gasteiger partial charge in [0.05, 0.1) is 0 Å². The third-order valence-electron chi connectivity index (χ3n) is 4.39. The predicted octanol–water partition coefficient (Wildman–Crippen LogP) is 5.00. The van der Waals surface area contributed by atoms with E-state index >= 15 is 0 Å². The lowest BCUT2D eigenvalue weighted by molar-refractivity contribution is 0.330. The Bertz CT molecular complexity index is 470. The minimum absolute atomic E-state index is 0. The fraction of sp³-hybridized carbons (Fsp3) is 0.684. The van der Waals surface area contributed by atoms with Gasteiger partial charge in [-0.2, -0.15) is 0 Å². The highest BCUT2D eigenvalue weighted by molar-refractivity contribution is 5.85. The van der Waals surface area contributed by atoms with Gasteiger partial charge in [0, 0.05) is 6.54 Å². The topological polar surface area (TPSA) is 23.5 Å². The predicted molar refractivity (Wildman–Crippen MR) is 97.3 cm³/mol. The molecule has 1 N–H and O–H groups in total. The molecule has 0 radical (unpaired) electrons. The van der Waals surface area contributed by atoms with Crippen molar-refractivity contribution in [3.05, 3.63) is 28.8 Å². The van der Waals surface area contributed by atoms with E-state index in [1.54, 1.807) is 0 Å². The first-order valence-corrected chi connectivity index (χ1v) is 8.18. The number of phenols is 1. The quantitative estimate of drug-likeness (QED) is 0.826. The van der Waals surface area contributed by atoms with E-state index in [9.17, 15) is 5.11 Å². The molecule has 0 amide bonds. The van der Waals surface area contributed by atoms with Crippen LogP contribution in [0.4, 0.5) is 0 Å². The molecule has 0 saturated carbocycles. The Labute approximate surface area is 142 Å². The Balaban J connectivity index is 0.00000242. The molecule has 1 saturated heterocycles. The van der Waals surface area contributed by atoms with Crippen molar-refractivity contribution in [1.29, 1.82) is 0 Å². The van der Waals surface area contributed by atoms with E-state index in [2.05, 4.69) is 58.6 Å². The summed E-state index contributed by atoms with van der Waals surface area (Å²) in [5.74, 6) is 0.486. The summed E-state index contributed by atoms with van der Waals surface area (Å²) in [5.41, 5.74) is 3.41. The standard InChI is InChI=1S/C19H31NO.ClH/c1-18(2,3)15-11-14(13-20-9-7-8-10-20)12-16(17(15)21)19(4,5)6;/h11-12,21H,7-10,13H2,1-6H3;1H. The Hall–Kier alpha value is -0.730. The van der Waals surface area contributed by atoms with E-state index in [1.165, 1.54) is 31.5 Å². The molecule has 22 heavy (non-hydrogen) atoms. The van der Waals surface area contributed by atoms with Crippen LogP contribution in [0.3, 0.4) is 0 Å². The summed E-state index contributed by atoms with van der Waals surface area (Å²) in [6.07, 6.45) is 2.63. The molecule has 1 heterocycles. The molecule has 0 aliphatic carbocycles. The zero-order valence-electron chi connectivity index (χ0n) is 15.0. The molecule has 1 fully saturated rings. The van der Waals surface area contributed by atoms with E-state index < -0.39 is 0 Å². The van der Waals surface area contributed by atoms with E-state index in [1.807, 2.05) is 0 Å². The third kappa shape index (κ3) is 4.39. The van der Waals surface area contributed by atoms with Crippen LogP contribution in [0, 0.1) is 0 Å². The molecular formula is C19H32ClNO. The number of nitrogens with zero attached hydrogens (tertiary/aromatic N) is 1. The number of halogens is 1. The van der Waals surface area contributed by atoms with E-state index in [-0.39, 0.29) is 23.2 Å². The molecule has 0 spiro atoms. The molecule has 3 heteroatoms. The lowest BCUT2D eigenvalue weighted by atomic mass is 9.78. The lowest BCUT2D eigenvalue weighted by Gasteiger charge is -2.29. The van der Waals surface area contributed by atoms with Crippen molar-refractivity contribution in [2.45, 2.75) is 71.8 Å². The molecule has 2 rings (SSSR count). The fourth-order valence-corrected chi connectivity index (χ4v) is 3.13. The number of benzene rings is 1. The average Bonchev–Trinajstić information content (AvgIpc) is 2.81. The molecule has 1 aliphatic rings. The van der Waals surface area contributed by atoms with Crippen molar-refractivity contribution in [2.75, 3.05) is 13.1 Å². The van der Waals surface area contributed by atoms with Crippen LogP contribution in [-0.4, -0.2) is 23.1 Å². The van der Waals surface area contributed by atoms with Gasteiger partial charge >= 0.3 is 0 Å². The van der Waals surface area contributed by atoms with Gasteiger partial charge < -0.3 is 5.11 Å². The van der Waals surface area contributed by atoms with Gasteiger partial charge in [-0.1, -0.05) is 53.7 Å². The number of phenolic OH excluding ortho intramolecular Hbond substituents is 1. The van der Waals surface area contributed by atoms with Crippen LogP contribution in [0.1, 0.15) is 71.1 Å². The largest absolute Gasteiger partial charge is 0.507 e. The van der Waals surface area contributed by atoms with Crippen molar-refractivity contribution in [3.63, 3.8) is 0 Å². The summed E-state index contributed by atoms with van der Waals surface area (Å²) >= 11 is 0. The molecule has 0 bridgehead atoms. The van der Waals surface area contributed by atoms with E-state index in [0.29, 0.717) is 5.75 Å². The molecule has 1 aromatic carbocycles. The number of likely N-dealkylation sites (tertiary alicyclic amines) is 1. The van der Waals surface area contributed by atoms with Crippen molar-refractivity contribution in [1.82, 2.24) is 4.90 Å². The maximum Gasteiger partial charge on any atom is 0.123 e. The number of aromatic hydroxyl groups is 1. The highest BCUT2D eigenvalue weighted by Crippen LogP contribution is 2.40. The summed E-state index contributed by atoms with van der Waals surface area (Å²) in [6, 6.07) is 4.42. The third-order valence-corrected chi connectivity index (χ3v) is 4.39. The summed E-state index contributed by atoms with van der Waals surface area (Å²) < 4.78 is 0. The molecule has 126 valence electrons. The Kier molecular flexibility index (Phi) is 5.97. The van der Waals surface area contributed by atoms with Crippen LogP contribution in [0.5, 0.6) is 5.75 Å². The first-order chi connectivity index (χ1) is 9.59. The highest BCUT2D eigenvalue weighted by atomic mass is 35.5. The van der Waals surface area contributed by atoms with Crippen LogP contribution in [0.15, 0.2) is 12.1 Å². The highest BCUT2D eigenvalue weighted by Gasteiger charge is 2.27. The Morgan fingerprint density at radius 1 is 0.909 bits per heavy atom. The van der Waals surface area contributed by atoms with Crippen LogP contribution in [-0.2, 0) is 17.4 Å². The second-order valence-electron chi connectivity index (χ2n) is 8.52. The van der Waals surface area contributed by atoms with E-state index in [4.69, 9.17) is 0 Å². The maximum absolute atomic E-state index is 10.7. The summed E-state index contributed by atoms with van der Waals surface area (Å²) in [4.78, 5) is 2.52. The van der Waals surface area contributed by atoms with Gasteiger partial charge in [0.25, 0.3) is 0 Å². The second kappa shape index (κ2) is 6.80. The molecular weight excluding hydrogens is 294 g/mol. The average molecular weight is 326 g/mol. The second-order valence-corrected chi connectivity index (χ2v) is 8.52. The fourth-order valence-electron chi connectivity index (χ4n) is 3.13. The Morgan fingerprint density at radius 3 is 1.68 bits per heavy atom. The normalized spacial score (nSPS) is 16.6. The van der Waals surface area contributed by atoms with Gasteiger partial charge in [0.2, 0.25) is 0 Å². The zero-order valence-corrected chi connectivity index (χ0v) is 15.8. The van der Waals surface area contributed by atoms with Gasteiger partial charge in [-0.05, 0) is 53.5 Å². The maximum atomic E-state index is 10.7. The number of hydrogen-bond acceptors (Lipinski definition) is 2. The van der Waals surface area contributed by atoms with Gasteiger partial charge in [-0.15, -0.1) is 12.4 Å². The molecule has 0 unspecified atom stereocenters. The SMILES string of the molecule is CC(C)(C)c1cc(CN2CCCC2)cc(C(C)(C)C)c1O.Cl. The number of hydrogen-bond donors (Lipinski definition) is 1.